The lowest BCUT2D eigenvalue weighted by Crippen LogP contribution is -2.01. The van der Waals surface area contributed by atoms with Crippen molar-refractivity contribution in [1.29, 1.82) is 0 Å². The Morgan fingerprint density at radius 1 is 0.425 bits per heavy atom. The van der Waals surface area contributed by atoms with Crippen LogP contribution in [0.2, 0.25) is 0 Å². The molecule has 0 saturated carbocycles. The summed E-state index contributed by atoms with van der Waals surface area (Å²) in [6.07, 6.45) is 0. The Morgan fingerprint density at radius 3 is 1.57 bits per heavy atom. The van der Waals surface area contributed by atoms with E-state index in [0.29, 0.717) is 11.0 Å². The van der Waals surface area contributed by atoms with Gasteiger partial charge in [0.15, 0.2) is 5.58 Å². The number of fused-ring (bicyclic) bond motifs is 13. The van der Waals surface area contributed by atoms with E-state index in [-0.39, 0.29) is 5.63 Å². The second-order valence-corrected chi connectivity index (χ2v) is 10.4. The highest BCUT2D eigenvalue weighted by molar-refractivity contribution is 6.26. The summed E-state index contributed by atoms with van der Waals surface area (Å²) in [5, 5.41) is 12.0. The first kappa shape index (κ1) is 21.5. The molecule has 0 aliphatic heterocycles. The Bertz CT molecular complexity index is 2530. The average Bonchev–Trinajstić information content (AvgIpc) is 3.36. The monoisotopic (exact) mass is 511 g/mol. The van der Waals surface area contributed by atoms with Gasteiger partial charge in [-0.3, -0.25) is 0 Å². The maximum Gasteiger partial charge on any atom is 0.344 e. The van der Waals surface area contributed by atoms with Crippen molar-refractivity contribution in [3.05, 3.63) is 138 Å². The second kappa shape index (κ2) is 7.81. The number of aromatic nitrogens is 1. The van der Waals surface area contributed by atoms with Gasteiger partial charge in [-0.2, -0.15) is 0 Å². The van der Waals surface area contributed by atoms with Crippen LogP contribution in [0.15, 0.2) is 137 Å². The van der Waals surface area contributed by atoms with Gasteiger partial charge < -0.3 is 8.98 Å². The predicted molar refractivity (Wildman–Crippen MR) is 167 cm³/mol. The van der Waals surface area contributed by atoms with Crippen molar-refractivity contribution in [3.63, 3.8) is 0 Å². The standard InChI is InChI=1S/C37H21NO2/c39-37-32-15-6-5-13-27(32)31-20-19-30-29-14-7-8-16-34(29)38(35(30)36(31)40-37)22-17-18-28-25-11-2-1-9-23(25)24-10-3-4-12-26(24)33(28)21-22/h1-21H. The van der Waals surface area contributed by atoms with Crippen molar-refractivity contribution in [2.75, 3.05) is 0 Å². The van der Waals surface area contributed by atoms with E-state index < -0.39 is 0 Å². The zero-order valence-corrected chi connectivity index (χ0v) is 21.4. The highest BCUT2D eigenvalue weighted by Crippen LogP contribution is 2.40. The van der Waals surface area contributed by atoms with Gasteiger partial charge >= 0.3 is 5.63 Å². The fourth-order valence-electron chi connectivity index (χ4n) is 6.69. The lowest BCUT2D eigenvalue weighted by Gasteiger charge is -2.14. The molecule has 3 heteroatoms. The third-order valence-corrected chi connectivity index (χ3v) is 8.41. The summed E-state index contributed by atoms with van der Waals surface area (Å²) < 4.78 is 8.38. The summed E-state index contributed by atoms with van der Waals surface area (Å²) in [7, 11) is 0. The highest BCUT2D eigenvalue weighted by Gasteiger charge is 2.19. The van der Waals surface area contributed by atoms with Crippen LogP contribution in [-0.4, -0.2) is 4.57 Å². The molecule has 0 amide bonds. The van der Waals surface area contributed by atoms with E-state index in [4.69, 9.17) is 4.42 Å². The van der Waals surface area contributed by atoms with E-state index in [1.165, 1.54) is 32.3 Å². The number of para-hydroxylation sites is 1. The molecule has 0 N–H and O–H groups in total. The molecule has 0 fully saturated rings. The molecule has 2 aromatic heterocycles. The van der Waals surface area contributed by atoms with Crippen molar-refractivity contribution in [1.82, 2.24) is 4.57 Å². The van der Waals surface area contributed by atoms with Crippen LogP contribution in [0.3, 0.4) is 0 Å². The number of hydrogen-bond donors (Lipinski definition) is 0. The number of benzene rings is 7. The molecule has 9 rings (SSSR count). The molecule has 7 aromatic carbocycles. The lowest BCUT2D eigenvalue weighted by atomic mass is 9.94. The van der Waals surface area contributed by atoms with E-state index in [9.17, 15) is 4.79 Å². The van der Waals surface area contributed by atoms with Crippen LogP contribution in [0.4, 0.5) is 0 Å². The third kappa shape index (κ3) is 2.76. The molecule has 0 spiro atoms. The minimum Gasteiger partial charge on any atom is -0.420 e. The first-order valence-corrected chi connectivity index (χ1v) is 13.5. The molecule has 0 aliphatic rings. The first-order chi connectivity index (χ1) is 19.8. The molecule has 0 bridgehead atoms. The minimum atomic E-state index is -0.316. The van der Waals surface area contributed by atoms with E-state index in [2.05, 4.69) is 108 Å². The summed E-state index contributed by atoms with van der Waals surface area (Å²) in [5.41, 5.74) is 3.31. The van der Waals surface area contributed by atoms with Gasteiger partial charge in [0.05, 0.1) is 16.4 Å². The van der Waals surface area contributed by atoms with Gasteiger partial charge in [-0.05, 0) is 68.0 Å². The fraction of sp³-hybridized carbons (Fsp3) is 0. The minimum absolute atomic E-state index is 0.316. The van der Waals surface area contributed by atoms with Crippen LogP contribution in [-0.2, 0) is 0 Å². The maximum absolute atomic E-state index is 13.2. The van der Waals surface area contributed by atoms with Gasteiger partial charge in [-0.1, -0.05) is 97.1 Å². The smallest absolute Gasteiger partial charge is 0.344 e. The van der Waals surface area contributed by atoms with Crippen molar-refractivity contribution < 1.29 is 4.42 Å². The third-order valence-electron chi connectivity index (χ3n) is 8.41. The predicted octanol–water partition coefficient (Wildman–Crippen LogP) is 9.50. The topological polar surface area (TPSA) is 35.1 Å². The van der Waals surface area contributed by atoms with Crippen LogP contribution in [0.1, 0.15) is 0 Å². The number of nitrogens with zero attached hydrogens (tertiary/aromatic N) is 1. The van der Waals surface area contributed by atoms with Crippen molar-refractivity contribution >= 4 is 75.9 Å². The summed E-state index contributed by atoms with van der Waals surface area (Å²) in [6, 6.07) is 44.3. The highest BCUT2D eigenvalue weighted by atomic mass is 16.4. The zero-order chi connectivity index (χ0) is 26.4. The molecule has 9 aromatic rings. The van der Waals surface area contributed by atoms with Gasteiger partial charge in [0, 0.05) is 21.8 Å². The Kier molecular flexibility index (Phi) is 4.20. The largest absolute Gasteiger partial charge is 0.420 e. The van der Waals surface area contributed by atoms with Crippen molar-refractivity contribution in [3.8, 4) is 5.69 Å². The molecule has 0 radical (unpaired) electrons. The van der Waals surface area contributed by atoms with Gasteiger partial charge in [-0.25, -0.2) is 4.79 Å². The normalized spacial score (nSPS) is 12.1. The molecular formula is C37H21NO2. The molecule has 3 nitrogen and oxygen atoms in total. The average molecular weight is 512 g/mol. The Balaban J connectivity index is 1.49. The van der Waals surface area contributed by atoms with Crippen LogP contribution in [0.5, 0.6) is 0 Å². The van der Waals surface area contributed by atoms with Gasteiger partial charge in [-0.15, -0.1) is 0 Å². The summed E-state index contributed by atoms with van der Waals surface area (Å²) in [4.78, 5) is 13.2. The summed E-state index contributed by atoms with van der Waals surface area (Å²) in [6.45, 7) is 0. The summed E-state index contributed by atoms with van der Waals surface area (Å²) >= 11 is 0. The zero-order valence-electron chi connectivity index (χ0n) is 21.4. The van der Waals surface area contributed by atoms with Crippen molar-refractivity contribution in [2.45, 2.75) is 0 Å². The molecule has 0 unspecified atom stereocenters. The summed E-state index contributed by atoms with van der Waals surface area (Å²) in [5.74, 6) is 0. The Labute approximate surface area is 228 Å². The molecule has 40 heavy (non-hydrogen) atoms. The van der Waals surface area contributed by atoms with E-state index in [0.717, 1.165) is 38.3 Å². The van der Waals surface area contributed by atoms with E-state index in [1.807, 2.05) is 24.3 Å². The SMILES string of the molecule is O=c1oc2c(ccc3c4ccccc4n(-c4ccc5c6ccccc6c6ccccc6c5c4)c32)c2ccccc12. The number of hydrogen-bond acceptors (Lipinski definition) is 2. The maximum atomic E-state index is 13.2. The quantitative estimate of drug-likeness (QED) is 0.162. The lowest BCUT2D eigenvalue weighted by molar-refractivity contribution is 0.572. The first-order valence-electron chi connectivity index (χ1n) is 13.5. The molecule has 0 aliphatic carbocycles. The van der Waals surface area contributed by atoms with Crippen LogP contribution in [0.25, 0.3) is 81.6 Å². The Hall–Kier alpha value is -5.41. The molecule has 2 heterocycles. The van der Waals surface area contributed by atoms with E-state index in [1.54, 1.807) is 0 Å². The van der Waals surface area contributed by atoms with Crippen LogP contribution >= 0.6 is 0 Å². The Morgan fingerprint density at radius 2 is 0.900 bits per heavy atom. The van der Waals surface area contributed by atoms with Gasteiger partial charge in [0.25, 0.3) is 0 Å². The van der Waals surface area contributed by atoms with Gasteiger partial charge in [0.2, 0.25) is 0 Å². The molecule has 186 valence electrons. The fourth-order valence-corrected chi connectivity index (χ4v) is 6.69. The second-order valence-electron chi connectivity index (χ2n) is 10.4. The molecule has 0 saturated heterocycles. The number of rotatable bonds is 1. The molecular weight excluding hydrogens is 490 g/mol. The van der Waals surface area contributed by atoms with Crippen LogP contribution < -0.4 is 5.63 Å². The van der Waals surface area contributed by atoms with Crippen LogP contribution in [0, 0.1) is 0 Å². The van der Waals surface area contributed by atoms with Crippen molar-refractivity contribution in [2.24, 2.45) is 0 Å². The van der Waals surface area contributed by atoms with E-state index >= 15 is 0 Å². The van der Waals surface area contributed by atoms with Gasteiger partial charge in [0.1, 0.15) is 0 Å². The molecule has 0 atom stereocenters.